The summed E-state index contributed by atoms with van der Waals surface area (Å²) in [4.78, 5) is 2.56. The van der Waals surface area contributed by atoms with Gasteiger partial charge in [-0.05, 0) is 33.1 Å². The molecule has 1 saturated heterocycles. The number of rotatable bonds is 2. The molecule has 14 heavy (non-hydrogen) atoms. The molecule has 0 amide bonds. The van der Waals surface area contributed by atoms with Crippen molar-refractivity contribution in [2.75, 3.05) is 19.7 Å². The maximum Gasteiger partial charge on any atom is 0.0731 e. The van der Waals surface area contributed by atoms with E-state index in [-0.39, 0.29) is 5.54 Å². The van der Waals surface area contributed by atoms with Gasteiger partial charge < -0.3 is 10.5 Å². The number of hydrogen-bond donors (Lipinski definition) is 1. The molecular weight excluding hydrogens is 176 g/mol. The van der Waals surface area contributed by atoms with Crippen molar-refractivity contribution in [3.63, 3.8) is 0 Å². The second kappa shape index (κ2) is 3.80. The van der Waals surface area contributed by atoms with E-state index in [4.69, 9.17) is 10.5 Å². The van der Waals surface area contributed by atoms with Crippen molar-refractivity contribution in [2.45, 2.75) is 50.8 Å². The van der Waals surface area contributed by atoms with Gasteiger partial charge in [-0.15, -0.1) is 0 Å². The third-order valence-corrected chi connectivity index (χ3v) is 3.76. The van der Waals surface area contributed by atoms with E-state index in [0.717, 1.165) is 19.7 Å². The van der Waals surface area contributed by atoms with Crippen molar-refractivity contribution in [2.24, 2.45) is 5.73 Å². The van der Waals surface area contributed by atoms with Crippen LogP contribution in [0.1, 0.15) is 33.1 Å². The number of morpholine rings is 1. The normalized spacial score (nSPS) is 34.5. The minimum absolute atomic E-state index is 0.136. The van der Waals surface area contributed by atoms with Crippen LogP contribution in [0.15, 0.2) is 0 Å². The molecule has 2 fully saturated rings. The lowest BCUT2D eigenvalue weighted by Gasteiger charge is -2.47. The molecule has 2 aliphatic rings. The van der Waals surface area contributed by atoms with Crippen LogP contribution in [-0.4, -0.2) is 42.3 Å². The molecular formula is C11H22N2O. The van der Waals surface area contributed by atoms with Gasteiger partial charge in [-0.3, -0.25) is 4.90 Å². The van der Waals surface area contributed by atoms with Crippen LogP contribution in [0, 0.1) is 0 Å². The average molecular weight is 198 g/mol. The van der Waals surface area contributed by atoms with Crippen LogP contribution in [-0.2, 0) is 4.74 Å². The zero-order valence-electron chi connectivity index (χ0n) is 9.33. The summed E-state index contributed by atoms with van der Waals surface area (Å²) in [6.45, 7) is 7.15. The smallest absolute Gasteiger partial charge is 0.0731 e. The Kier molecular flexibility index (Phi) is 2.82. The molecule has 2 rings (SSSR count). The molecule has 1 aliphatic carbocycles. The van der Waals surface area contributed by atoms with Crippen LogP contribution in [0.2, 0.25) is 0 Å². The van der Waals surface area contributed by atoms with Crippen LogP contribution in [0.25, 0.3) is 0 Å². The van der Waals surface area contributed by atoms with Crippen LogP contribution in [0.5, 0.6) is 0 Å². The van der Waals surface area contributed by atoms with E-state index in [2.05, 4.69) is 18.7 Å². The van der Waals surface area contributed by atoms with Gasteiger partial charge in [0.05, 0.1) is 12.7 Å². The first-order valence-corrected chi connectivity index (χ1v) is 5.73. The van der Waals surface area contributed by atoms with Gasteiger partial charge in [-0.25, -0.2) is 0 Å². The van der Waals surface area contributed by atoms with E-state index in [0.29, 0.717) is 12.1 Å². The maximum atomic E-state index is 5.84. The predicted octanol–water partition coefficient (Wildman–Crippen LogP) is 0.977. The molecule has 0 bridgehead atoms. The fourth-order valence-corrected chi connectivity index (χ4v) is 2.79. The van der Waals surface area contributed by atoms with Gasteiger partial charge in [0, 0.05) is 24.7 Å². The summed E-state index contributed by atoms with van der Waals surface area (Å²) < 4.78 is 5.79. The quantitative estimate of drug-likeness (QED) is 0.719. The fraction of sp³-hybridized carbons (Fsp3) is 1.00. The largest absolute Gasteiger partial charge is 0.375 e. The first-order chi connectivity index (χ1) is 6.65. The van der Waals surface area contributed by atoms with Crippen molar-refractivity contribution in [3.05, 3.63) is 0 Å². The Morgan fingerprint density at radius 3 is 2.93 bits per heavy atom. The van der Waals surface area contributed by atoms with Crippen LogP contribution >= 0.6 is 0 Å². The molecule has 2 atom stereocenters. The average Bonchev–Trinajstić information content (AvgIpc) is 2.64. The number of ether oxygens (including phenoxy) is 1. The van der Waals surface area contributed by atoms with Crippen molar-refractivity contribution < 1.29 is 4.74 Å². The second-order valence-corrected chi connectivity index (χ2v) is 5.12. The van der Waals surface area contributed by atoms with E-state index in [1.54, 1.807) is 0 Å². The van der Waals surface area contributed by atoms with Gasteiger partial charge in [0.1, 0.15) is 0 Å². The highest BCUT2D eigenvalue weighted by atomic mass is 16.5. The fourth-order valence-electron chi connectivity index (χ4n) is 2.79. The van der Waals surface area contributed by atoms with Gasteiger partial charge >= 0.3 is 0 Å². The molecule has 1 heterocycles. The highest BCUT2D eigenvalue weighted by Gasteiger charge is 2.41. The summed E-state index contributed by atoms with van der Waals surface area (Å²) in [5, 5.41) is 0. The molecule has 1 aliphatic heterocycles. The van der Waals surface area contributed by atoms with Gasteiger partial charge in [-0.1, -0.05) is 0 Å². The summed E-state index contributed by atoms with van der Waals surface area (Å²) >= 11 is 0. The molecule has 0 aromatic heterocycles. The number of fused-ring (bicyclic) bond motifs is 1. The highest BCUT2D eigenvalue weighted by molar-refractivity contribution is 4.96. The molecule has 3 nitrogen and oxygen atoms in total. The molecule has 2 unspecified atom stereocenters. The Labute approximate surface area is 86.6 Å². The summed E-state index contributed by atoms with van der Waals surface area (Å²) in [5.41, 5.74) is 5.97. The molecule has 1 saturated carbocycles. The number of nitrogens with two attached hydrogens (primary N) is 1. The third-order valence-electron chi connectivity index (χ3n) is 3.76. The summed E-state index contributed by atoms with van der Waals surface area (Å²) in [7, 11) is 0. The van der Waals surface area contributed by atoms with Gasteiger partial charge in [0.2, 0.25) is 0 Å². The zero-order chi connectivity index (χ0) is 10.2. The molecule has 82 valence electrons. The molecule has 0 spiro atoms. The van der Waals surface area contributed by atoms with Crippen molar-refractivity contribution in [3.8, 4) is 0 Å². The standard InChI is InChI=1S/C11H22N2O/c1-11(2,8-12)13-6-7-14-10-5-3-4-9(10)13/h9-10H,3-8,12H2,1-2H3. The van der Waals surface area contributed by atoms with Crippen molar-refractivity contribution in [1.29, 1.82) is 0 Å². The minimum Gasteiger partial charge on any atom is -0.375 e. The Balaban J connectivity index is 2.10. The Hall–Kier alpha value is -0.120. The molecule has 0 aromatic carbocycles. The SMILES string of the molecule is CC(C)(CN)N1CCOC2CCCC21. The Bertz CT molecular complexity index is 205. The zero-order valence-corrected chi connectivity index (χ0v) is 9.33. The third kappa shape index (κ3) is 1.69. The van der Waals surface area contributed by atoms with Crippen LogP contribution in [0.3, 0.4) is 0 Å². The molecule has 3 heteroatoms. The van der Waals surface area contributed by atoms with Gasteiger partial charge in [-0.2, -0.15) is 0 Å². The summed E-state index contributed by atoms with van der Waals surface area (Å²) in [6, 6.07) is 0.627. The van der Waals surface area contributed by atoms with Gasteiger partial charge in [0.25, 0.3) is 0 Å². The topological polar surface area (TPSA) is 38.5 Å². The van der Waals surface area contributed by atoms with Crippen LogP contribution < -0.4 is 5.73 Å². The van der Waals surface area contributed by atoms with Gasteiger partial charge in [0.15, 0.2) is 0 Å². The van der Waals surface area contributed by atoms with E-state index < -0.39 is 0 Å². The first kappa shape index (κ1) is 10.4. The lowest BCUT2D eigenvalue weighted by atomic mass is 9.97. The second-order valence-electron chi connectivity index (χ2n) is 5.12. The van der Waals surface area contributed by atoms with E-state index in [9.17, 15) is 0 Å². The number of hydrogen-bond acceptors (Lipinski definition) is 3. The lowest BCUT2D eigenvalue weighted by Crippen LogP contribution is -2.60. The van der Waals surface area contributed by atoms with E-state index in [1.165, 1.54) is 19.3 Å². The maximum absolute atomic E-state index is 5.84. The summed E-state index contributed by atoms with van der Waals surface area (Å²) in [6.07, 6.45) is 4.32. The van der Waals surface area contributed by atoms with Crippen molar-refractivity contribution >= 4 is 0 Å². The first-order valence-electron chi connectivity index (χ1n) is 5.73. The van der Waals surface area contributed by atoms with Crippen molar-refractivity contribution in [1.82, 2.24) is 4.90 Å². The monoisotopic (exact) mass is 198 g/mol. The van der Waals surface area contributed by atoms with E-state index >= 15 is 0 Å². The lowest BCUT2D eigenvalue weighted by molar-refractivity contribution is -0.0890. The molecule has 2 N–H and O–H groups in total. The predicted molar refractivity (Wildman–Crippen MR) is 57.2 cm³/mol. The molecule has 0 radical (unpaired) electrons. The van der Waals surface area contributed by atoms with E-state index in [1.807, 2.05) is 0 Å². The summed E-state index contributed by atoms with van der Waals surface area (Å²) in [5.74, 6) is 0. The number of nitrogens with zero attached hydrogens (tertiary/aromatic N) is 1. The minimum atomic E-state index is 0.136. The Morgan fingerprint density at radius 1 is 1.43 bits per heavy atom. The molecule has 0 aromatic rings. The Morgan fingerprint density at radius 2 is 2.21 bits per heavy atom. The van der Waals surface area contributed by atoms with Crippen LogP contribution in [0.4, 0.5) is 0 Å². The highest BCUT2D eigenvalue weighted by Crippen LogP contribution is 2.33.